The molecule has 0 bridgehead atoms. The first-order valence-corrected chi connectivity index (χ1v) is 7.68. The second-order valence-corrected chi connectivity index (χ2v) is 5.41. The highest BCUT2D eigenvalue weighted by molar-refractivity contribution is 5.97. The number of amides is 2. The molecule has 0 aliphatic heterocycles. The van der Waals surface area contributed by atoms with Crippen LogP contribution in [0.2, 0.25) is 0 Å². The second-order valence-electron chi connectivity index (χ2n) is 5.41. The van der Waals surface area contributed by atoms with Gasteiger partial charge >= 0.3 is 0 Å². The van der Waals surface area contributed by atoms with E-state index in [-0.39, 0.29) is 23.3 Å². The van der Waals surface area contributed by atoms with Crippen molar-refractivity contribution in [3.05, 3.63) is 47.9 Å². The fraction of sp³-hybridized carbons (Fsp3) is 0.176. The number of hydrogen-bond donors (Lipinski definition) is 3. The van der Waals surface area contributed by atoms with Gasteiger partial charge in [-0.2, -0.15) is 5.10 Å². The molecule has 0 spiro atoms. The van der Waals surface area contributed by atoms with E-state index in [9.17, 15) is 14.0 Å². The summed E-state index contributed by atoms with van der Waals surface area (Å²) in [6.07, 6.45) is 0. The second kappa shape index (κ2) is 7.08. The molecule has 3 N–H and O–H groups in total. The van der Waals surface area contributed by atoms with Crippen LogP contribution < -0.4 is 10.6 Å². The molecule has 0 aliphatic carbocycles. The van der Waals surface area contributed by atoms with Gasteiger partial charge in [-0.05, 0) is 24.3 Å². The fourth-order valence-electron chi connectivity index (χ4n) is 2.37. The third-order valence-corrected chi connectivity index (χ3v) is 3.52. The van der Waals surface area contributed by atoms with E-state index in [1.165, 1.54) is 19.1 Å². The summed E-state index contributed by atoms with van der Waals surface area (Å²) in [5.74, 6) is -0.897. The molecule has 8 heteroatoms. The van der Waals surface area contributed by atoms with Crippen LogP contribution in [0.5, 0.6) is 0 Å². The summed E-state index contributed by atoms with van der Waals surface area (Å²) < 4.78 is 13.4. The number of carbonyl (C=O) groups is 2. The van der Waals surface area contributed by atoms with Crippen LogP contribution in [0.25, 0.3) is 22.3 Å². The first kappa shape index (κ1) is 16.6. The largest absolute Gasteiger partial charge is 0.355 e. The Bertz CT molecular complexity index is 938. The standard InChI is InChI=1S/C17H16FN5O2/c1-10(24)19-7-8-20-17(25)14-6-5-13-16(21-14)15(23-22-13)11-3-2-4-12(18)9-11/h2-6,9H,7-8H2,1H3,(H,19,24)(H,20,25)(H,22,23). The van der Waals surface area contributed by atoms with Crippen LogP contribution in [-0.2, 0) is 4.79 Å². The first-order chi connectivity index (χ1) is 12.0. The van der Waals surface area contributed by atoms with E-state index in [2.05, 4.69) is 25.8 Å². The number of fused-ring (bicyclic) bond motifs is 1. The van der Waals surface area contributed by atoms with Gasteiger partial charge < -0.3 is 10.6 Å². The van der Waals surface area contributed by atoms with Crippen molar-refractivity contribution >= 4 is 22.8 Å². The normalized spacial score (nSPS) is 10.6. The first-order valence-electron chi connectivity index (χ1n) is 7.68. The van der Waals surface area contributed by atoms with E-state index in [4.69, 9.17) is 0 Å². The Labute approximate surface area is 142 Å². The number of halogens is 1. The highest BCUT2D eigenvalue weighted by atomic mass is 19.1. The molecule has 0 radical (unpaired) electrons. The molecule has 0 unspecified atom stereocenters. The molecule has 2 heterocycles. The topological polar surface area (TPSA) is 99.8 Å². The van der Waals surface area contributed by atoms with Gasteiger partial charge in [-0.3, -0.25) is 14.7 Å². The predicted molar refractivity (Wildman–Crippen MR) is 90.3 cm³/mol. The summed E-state index contributed by atoms with van der Waals surface area (Å²) >= 11 is 0. The maximum atomic E-state index is 13.4. The van der Waals surface area contributed by atoms with Crippen molar-refractivity contribution in [1.29, 1.82) is 0 Å². The lowest BCUT2D eigenvalue weighted by molar-refractivity contribution is -0.118. The van der Waals surface area contributed by atoms with Crippen molar-refractivity contribution in [1.82, 2.24) is 25.8 Å². The molecular weight excluding hydrogens is 325 g/mol. The Kier molecular flexibility index (Phi) is 4.69. The summed E-state index contributed by atoms with van der Waals surface area (Å²) in [4.78, 5) is 27.3. The van der Waals surface area contributed by atoms with Gasteiger partial charge in [0, 0.05) is 25.6 Å². The fourth-order valence-corrected chi connectivity index (χ4v) is 2.37. The van der Waals surface area contributed by atoms with Gasteiger partial charge in [0.05, 0.1) is 5.52 Å². The lowest BCUT2D eigenvalue weighted by Gasteiger charge is -2.05. The summed E-state index contributed by atoms with van der Waals surface area (Å²) in [6.45, 7) is 2.04. The molecule has 128 valence electrons. The average molecular weight is 341 g/mol. The van der Waals surface area contributed by atoms with Crippen molar-refractivity contribution in [3.8, 4) is 11.3 Å². The lowest BCUT2D eigenvalue weighted by Crippen LogP contribution is -2.33. The third-order valence-electron chi connectivity index (χ3n) is 3.52. The molecule has 0 aliphatic rings. The van der Waals surface area contributed by atoms with Crippen LogP contribution in [0.3, 0.4) is 0 Å². The maximum Gasteiger partial charge on any atom is 0.269 e. The van der Waals surface area contributed by atoms with Gasteiger partial charge in [0.2, 0.25) is 5.91 Å². The van der Waals surface area contributed by atoms with E-state index in [1.54, 1.807) is 24.3 Å². The number of aromatic nitrogens is 3. The van der Waals surface area contributed by atoms with Crippen LogP contribution in [0, 0.1) is 5.82 Å². The third kappa shape index (κ3) is 3.79. The number of hydrogen-bond acceptors (Lipinski definition) is 4. The van der Waals surface area contributed by atoms with Crippen LogP contribution in [0.1, 0.15) is 17.4 Å². The Morgan fingerprint density at radius 2 is 1.96 bits per heavy atom. The zero-order valence-electron chi connectivity index (χ0n) is 13.5. The molecule has 0 saturated heterocycles. The van der Waals surface area contributed by atoms with Gasteiger partial charge in [-0.15, -0.1) is 0 Å². The predicted octanol–water partition coefficient (Wildman–Crippen LogP) is 1.63. The van der Waals surface area contributed by atoms with Crippen LogP contribution in [0.4, 0.5) is 4.39 Å². The zero-order valence-corrected chi connectivity index (χ0v) is 13.5. The highest BCUT2D eigenvalue weighted by Gasteiger charge is 2.14. The van der Waals surface area contributed by atoms with E-state index in [0.29, 0.717) is 35.4 Å². The van der Waals surface area contributed by atoms with Crippen molar-refractivity contribution in [2.24, 2.45) is 0 Å². The summed E-state index contributed by atoms with van der Waals surface area (Å²) in [5.41, 5.74) is 2.40. The summed E-state index contributed by atoms with van der Waals surface area (Å²) in [6, 6.07) is 9.28. The number of nitrogens with one attached hydrogen (secondary N) is 3. The van der Waals surface area contributed by atoms with Crippen LogP contribution in [0.15, 0.2) is 36.4 Å². The van der Waals surface area contributed by atoms with Gasteiger partial charge in [-0.25, -0.2) is 9.37 Å². The molecule has 1 aromatic carbocycles. The Hall–Kier alpha value is -3.29. The number of rotatable bonds is 5. The van der Waals surface area contributed by atoms with E-state index in [1.807, 2.05) is 0 Å². The number of H-pyrrole nitrogens is 1. The van der Waals surface area contributed by atoms with Crippen molar-refractivity contribution in [2.45, 2.75) is 6.92 Å². The molecule has 2 aromatic heterocycles. The molecular formula is C17H16FN5O2. The lowest BCUT2D eigenvalue weighted by atomic mass is 10.1. The monoisotopic (exact) mass is 341 g/mol. The van der Waals surface area contributed by atoms with Crippen molar-refractivity contribution in [2.75, 3.05) is 13.1 Å². The SMILES string of the molecule is CC(=O)NCCNC(=O)c1ccc2[nH]nc(-c3cccc(F)c3)c2n1. The maximum absolute atomic E-state index is 13.4. The van der Waals surface area contributed by atoms with Gasteiger partial charge in [0.15, 0.2) is 0 Å². The van der Waals surface area contributed by atoms with E-state index < -0.39 is 0 Å². The Balaban J connectivity index is 1.83. The number of aromatic amines is 1. The van der Waals surface area contributed by atoms with Gasteiger partial charge in [0.25, 0.3) is 5.91 Å². The van der Waals surface area contributed by atoms with E-state index >= 15 is 0 Å². The van der Waals surface area contributed by atoms with E-state index in [0.717, 1.165) is 0 Å². The van der Waals surface area contributed by atoms with Crippen LogP contribution >= 0.6 is 0 Å². The minimum Gasteiger partial charge on any atom is -0.355 e. The number of pyridine rings is 1. The molecule has 0 atom stereocenters. The van der Waals surface area contributed by atoms with Gasteiger partial charge in [-0.1, -0.05) is 12.1 Å². The molecule has 2 amide bonds. The van der Waals surface area contributed by atoms with Gasteiger partial charge in [0.1, 0.15) is 22.7 Å². The summed E-state index contributed by atoms with van der Waals surface area (Å²) in [7, 11) is 0. The minimum absolute atomic E-state index is 0.160. The Morgan fingerprint density at radius 3 is 2.72 bits per heavy atom. The summed E-state index contributed by atoms with van der Waals surface area (Å²) in [5, 5.41) is 12.3. The minimum atomic E-state index is -0.375. The highest BCUT2D eigenvalue weighted by Crippen LogP contribution is 2.25. The Morgan fingerprint density at radius 1 is 1.16 bits per heavy atom. The number of nitrogens with zero attached hydrogens (tertiary/aromatic N) is 2. The quantitative estimate of drug-likeness (QED) is 0.614. The number of benzene rings is 1. The van der Waals surface area contributed by atoms with Crippen molar-refractivity contribution in [3.63, 3.8) is 0 Å². The average Bonchev–Trinajstić information content (AvgIpc) is 3.01. The van der Waals surface area contributed by atoms with Crippen molar-refractivity contribution < 1.29 is 14.0 Å². The molecule has 7 nitrogen and oxygen atoms in total. The molecule has 0 fully saturated rings. The molecule has 0 saturated carbocycles. The molecule has 25 heavy (non-hydrogen) atoms. The molecule has 3 aromatic rings. The zero-order chi connectivity index (χ0) is 17.8. The molecule has 3 rings (SSSR count). The smallest absolute Gasteiger partial charge is 0.269 e. The van der Waals surface area contributed by atoms with Crippen LogP contribution in [-0.4, -0.2) is 40.1 Å². The number of carbonyl (C=O) groups excluding carboxylic acids is 2.